The van der Waals surface area contributed by atoms with Crippen LogP contribution in [-0.4, -0.2) is 54.5 Å². The SMILES string of the molecule is O=C(CN1Cc2c(ccc(F)c2F)NC1=O)N1CCCN(c2ccc(F)cc2)CC1. The third-order valence-electron chi connectivity index (χ3n) is 5.44. The van der Waals surface area contributed by atoms with Crippen molar-refractivity contribution in [2.45, 2.75) is 13.0 Å². The van der Waals surface area contributed by atoms with E-state index in [1.54, 1.807) is 17.0 Å². The van der Waals surface area contributed by atoms with Crippen molar-refractivity contribution < 1.29 is 22.8 Å². The van der Waals surface area contributed by atoms with E-state index in [2.05, 4.69) is 10.2 Å². The summed E-state index contributed by atoms with van der Waals surface area (Å²) in [6.45, 7) is 1.87. The molecule has 0 radical (unpaired) electrons. The molecule has 0 atom stereocenters. The number of halogens is 3. The second-order valence-electron chi connectivity index (χ2n) is 7.37. The molecule has 2 aromatic carbocycles. The molecule has 6 nitrogen and oxygen atoms in total. The van der Waals surface area contributed by atoms with Crippen LogP contribution in [0.5, 0.6) is 0 Å². The Kier molecular flexibility index (Phi) is 5.52. The molecule has 158 valence electrons. The highest BCUT2D eigenvalue weighted by Crippen LogP contribution is 2.27. The van der Waals surface area contributed by atoms with Gasteiger partial charge in [0.15, 0.2) is 11.6 Å². The van der Waals surface area contributed by atoms with E-state index in [-0.39, 0.29) is 36.1 Å². The molecule has 1 saturated heterocycles. The number of fused-ring (bicyclic) bond motifs is 1. The maximum absolute atomic E-state index is 14.1. The molecule has 1 fully saturated rings. The van der Waals surface area contributed by atoms with Crippen LogP contribution >= 0.6 is 0 Å². The molecule has 1 N–H and O–H groups in total. The molecule has 0 aliphatic carbocycles. The summed E-state index contributed by atoms with van der Waals surface area (Å²) in [7, 11) is 0. The van der Waals surface area contributed by atoms with Crippen LogP contribution in [0.1, 0.15) is 12.0 Å². The number of carbonyl (C=O) groups is 2. The number of hydrogen-bond donors (Lipinski definition) is 1. The molecule has 30 heavy (non-hydrogen) atoms. The summed E-state index contributed by atoms with van der Waals surface area (Å²) < 4.78 is 40.7. The van der Waals surface area contributed by atoms with E-state index >= 15 is 0 Å². The number of nitrogens with one attached hydrogen (secondary N) is 1. The van der Waals surface area contributed by atoms with E-state index < -0.39 is 17.7 Å². The molecule has 0 saturated carbocycles. The van der Waals surface area contributed by atoms with E-state index in [0.717, 1.165) is 24.7 Å². The van der Waals surface area contributed by atoms with Crippen molar-refractivity contribution in [3.8, 4) is 0 Å². The van der Waals surface area contributed by atoms with Gasteiger partial charge in [0.1, 0.15) is 12.4 Å². The zero-order chi connectivity index (χ0) is 21.3. The summed E-state index contributed by atoms with van der Waals surface area (Å²) in [4.78, 5) is 30.0. The van der Waals surface area contributed by atoms with Crippen LogP contribution in [0, 0.1) is 17.5 Å². The Morgan fingerprint density at radius 2 is 1.73 bits per heavy atom. The van der Waals surface area contributed by atoms with Gasteiger partial charge in [-0.1, -0.05) is 0 Å². The van der Waals surface area contributed by atoms with Crippen molar-refractivity contribution in [2.75, 3.05) is 42.9 Å². The summed E-state index contributed by atoms with van der Waals surface area (Å²) in [5.74, 6) is -2.58. The van der Waals surface area contributed by atoms with Gasteiger partial charge in [-0.3, -0.25) is 4.79 Å². The molecule has 2 aliphatic rings. The van der Waals surface area contributed by atoms with Gasteiger partial charge in [-0.05, 0) is 42.8 Å². The first-order valence-electron chi connectivity index (χ1n) is 9.73. The van der Waals surface area contributed by atoms with Crippen molar-refractivity contribution >= 4 is 23.3 Å². The van der Waals surface area contributed by atoms with Crippen LogP contribution in [0.2, 0.25) is 0 Å². The van der Waals surface area contributed by atoms with E-state index in [9.17, 15) is 22.8 Å². The number of amides is 3. The predicted octanol–water partition coefficient (Wildman–Crippen LogP) is 3.19. The van der Waals surface area contributed by atoms with E-state index in [0.29, 0.717) is 19.6 Å². The van der Waals surface area contributed by atoms with Crippen LogP contribution in [0.4, 0.5) is 29.3 Å². The molecule has 0 bridgehead atoms. The highest BCUT2D eigenvalue weighted by atomic mass is 19.2. The third-order valence-corrected chi connectivity index (χ3v) is 5.44. The molecule has 2 aromatic rings. The standard InChI is InChI=1S/C21H21F3N4O2/c22-14-2-4-15(5-3-14)26-8-1-9-27(11-10-26)19(29)13-28-12-16-18(25-21(28)30)7-6-17(23)20(16)24/h2-7H,1,8-13H2,(H,25,30). The number of urea groups is 1. The van der Waals surface area contributed by atoms with Crippen molar-refractivity contribution in [1.82, 2.24) is 9.80 Å². The monoisotopic (exact) mass is 418 g/mol. The van der Waals surface area contributed by atoms with Crippen LogP contribution in [0.25, 0.3) is 0 Å². The van der Waals surface area contributed by atoms with Crippen molar-refractivity contribution in [1.29, 1.82) is 0 Å². The van der Waals surface area contributed by atoms with E-state index in [4.69, 9.17) is 0 Å². The molecule has 9 heteroatoms. The Bertz CT molecular complexity index is 967. The number of nitrogens with zero attached hydrogens (tertiary/aromatic N) is 3. The minimum Gasteiger partial charge on any atom is -0.370 e. The lowest BCUT2D eigenvalue weighted by molar-refractivity contribution is -0.131. The minimum absolute atomic E-state index is 0.0285. The van der Waals surface area contributed by atoms with Crippen LogP contribution < -0.4 is 10.2 Å². The quantitative estimate of drug-likeness (QED) is 0.833. The fraction of sp³-hybridized carbons (Fsp3) is 0.333. The second kappa shape index (κ2) is 8.25. The first-order valence-corrected chi connectivity index (χ1v) is 9.73. The topological polar surface area (TPSA) is 55.9 Å². The molecular weight excluding hydrogens is 397 g/mol. The van der Waals surface area contributed by atoms with Gasteiger partial charge in [-0.2, -0.15) is 0 Å². The number of rotatable bonds is 3. The lowest BCUT2D eigenvalue weighted by Crippen LogP contribution is -2.47. The van der Waals surface area contributed by atoms with Gasteiger partial charge < -0.3 is 20.0 Å². The van der Waals surface area contributed by atoms with Crippen molar-refractivity contribution in [2.24, 2.45) is 0 Å². The Morgan fingerprint density at radius 3 is 2.50 bits per heavy atom. The predicted molar refractivity (Wildman–Crippen MR) is 106 cm³/mol. The average Bonchev–Trinajstić information content (AvgIpc) is 2.99. The second-order valence-corrected chi connectivity index (χ2v) is 7.37. The number of carbonyl (C=O) groups excluding carboxylic acids is 2. The molecule has 3 amide bonds. The molecule has 0 spiro atoms. The van der Waals surface area contributed by atoms with Crippen LogP contribution in [0.15, 0.2) is 36.4 Å². The van der Waals surface area contributed by atoms with Gasteiger partial charge in [-0.15, -0.1) is 0 Å². The van der Waals surface area contributed by atoms with Gasteiger partial charge in [0.25, 0.3) is 0 Å². The normalized spacial score (nSPS) is 16.8. The largest absolute Gasteiger partial charge is 0.370 e. The molecule has 0 unspecified atom stereocenters. The fourth-order valence-electron chi connectivity index (χ4n) is 3.79. The molecule has 0 aromatic heterocycles. The van der Waals surface area contributed by atoms with E-state index in [1.807, 2.05) is 0 Å². The summed E-state index contributed by atoms with van der Waals surface area (Å²) in [5, 5.41) is 2.50. The first kappa shape index (κ1) is 20.1. The first-order chi connectivity index (χ1) is 14.4. The highest BCUT2D eigenvalue weighted by Gasteiger charge is 2.29. The number of benzene rings is 2. The van der Waals surface area contributed by atoms with Crippen molar-refractivity contribution in [3.05, 3.63) is 59.4 Å². The maximum atomic E-state index is 14.1. The minimum atomic E-state index is -1.02. The number of hydrogen-bond acceptors (Lipinski definition) is 3. The molecule has 4 rings (SSSR count). The summed E-state index contributed by atoms with van der Waals surface area (Å²) in [5.41, 5.74) is 1.13. The molecular formula is C21H21F3N4O2. The lowest BCUT2D eigenvalue weighted by atomic mass is 10.1. The Labute approximate surface area is 171 Å². The average molecular weight is 418 g/mol. The van der Waals surface area contributed by atoms with Gasteiger partial charge in [0.2, 0.25) is 5.91 Å². The van der Waals surface area contributed by atoms with Gasteiger partial charge in [0, 0.05) is 37.4 Å². The van der Waals surface area contributed by atoms with Gasteiger partial charge >= 0.3 is 6.03 Å². The molecule has 2 heterocycles. The van der Waals surface area contributed by atoms with E-state index in [1.165, 1.54) is 23.1 Å². The van der Waals surface area contributed by atoms with Crippen molar-refractivity contribution in [3.63, 3.8) is 0 Å². The highest BCUT2D eigenvalue weighted by molar-refractivity contribution is 5.94. The van der Waals surface area contributed by atoms with Crippen LogP contribution in [-0.2, 0) is 11.3 Å². The molecule has 2 aliphatic heterocycles. The van der Waals surface area contributed by atoms with Gasteiger partial charge in [0.05, 0.1) is 12.2 Å². The summed E-state index contributed by atoms with van der Waals surface area (Å²) >= 11 is 0. The Morgan fingerprint density at radius 1 is 0.967 bits per heavy atom. The number of anilines is 2. The fourth-order valence-corrected chi connectivity index (χ4v) is 3.79. The maximum Gasteiger partial charge on any atom is 0.322 e. The lowest BCUT2D eigenvalue weighted by Gasteiger charge is -2.31. The smallest absolute Gasteiger partial charge is 0.322 e. The van der Waals surface area contributed by atoms with Crippen LogP contribution in [0.3, 0.4) is 0 Å². The zero-order valence-electron chi connectivity index (χ0n) is 16.2. The third kappa shape index (κ3) is 4.05. The Hall–Kier alpha value is -3.23. The Balaban J connectivity index is 1.39. The summed E-state index contributed by atoms with van der Waals surface area (Å²) in [6, 6.07) is 7.95. The summed E-state index contributed by atoms with van der Waals surface area (Å²) in [6.07, 6.45) is 0.720. The zero-order valence-corrected chi connectivity index (χ0v) is 16.2. The van der Waals surface area contributed by atoms with Gasteiger partial charge in [-0.25, -0.2) is 18.0 Å².